The molecule has 1 fully saturated rings. The van der Waals surface area contributed by atoms with Gasteiger partial charge in [-0.15, -0.1) is 5.10 Å². The van der Waals surface area contributed by atoms with Crippen molar-refractivity contribution in [1.29, 1.82) is 0 Å². The van der Waals surface area contributed by atoms with Crippen molar-refractivity contribution in [3.05, 3.63) is 54.6 Å². The molecule has 1 saturated heterocycles. The summed E-state index contributed by atoms with van der Waals surface area (Å²) in [6.07, 6.45) is 7.60. The van der Waals surface area contributed by atoms with E-state index in [1.165, 1.54) is 12.0 Å². The molecular formula is C20H22N8O. The van der Waals surface area contributed by atoms with Gasteiger partial charge in [-0.1, -0.05) is 0 Å². The van der Waals surface area contributed by atoms with Crippen LogP contribution in [-0.2, 0) is 6.54 Å². The maximum Gasteiger partial charge on any atom is 0.227 e. The van der Waals surface area contributed by atoms with Gasteiger partial charge in [0, 0.05) is 37.6 Å². The van der Waals surface area contributed by atoms with Gasteiger partial charge in [0.2, 0.25) is 11.8 Å². The van der Waals surface area contributed by atoms with E-state index in [1.54, 1.807) is 16.8 Å². The van der Waals surface area contributed by atoms with Crippen LogP contribution in [-0.4, -0.2) is 48.6 Å². The molecule has 0 aromatic carbocycles. The Morgan fingerprint density at radius 3 is 2.93 bits per heavy atom. The Labute approximate surface area is 167 Å². The smallest absolute Gasteiger partial charge is 0.227 e. The summed E-state index contributed by atoms with van der Waals surface area (Å²) in [7, 11) is 0. The van der Waals surface area contributed by atoms with Crippen molar-refractivity contribution in [2.24, 2.45) is 0 Å². The fourth-order valence-corrected chi connectivity index (χ4v) is 3.80. The topological polar surface area (TPSA) is 110 Å². The maximum absolute atomic E-state index is 5.99. The van der Waals surface area contributed by atoms with E-state index >= 15 is 0 Å². The molecule has 0 bridgehead atoms. The minimum atomic E-state index is 0.401. The second-order valence-corrected chi connectivity index (χ2v) is 7.19. The Balaban J connectivity index is 1.34. The van der Waals surface area contributed by atoms with Gasteiger partial charge in [0.25, 0.3) is 0 Å². The Hall–Kier alpha value is -3.46. The number of nitrogens with one attached hydrogen (secondary N) is 1. The zero-order valence-electron chi connectivity index (χ0n) is 15.9. The molecule has 3 N–H and O–H groups in total. The highest BCUT2D eigenvalue weighted by Crippen LogP contribution is 2.22. The molecule has 0 radical (unpaired) electrons. The fourth-order valence-electron chi connectivity index (χ4n) is 3.80. The third-order valence-corrected chi connectivity index (χ3v) is 5.22. The number of nitrogen functional groups attached to an aromatic ring is 1. The SMILES string of the molecule is Nc1cc2nc(-c3ccco3)nn2c(NCC2CCCN2Cc2ccncc2)n1. The van der Waals surface area contributed by atoms with Crippen LogP contribution in [0.4, 0.5) is 11.8 Å². The third kappa shape index (κ3) is 3.64. The molecule has 0 saturated carbocycles. The second kappa shape index (κ2) is 7.51. The van der Waals surface area contributed by atoms with Crippen molar-refractivity contribution in [2.75, 3.05) is 24.1 Å². The molecule has 4 aromatic rings. The number of fused-ring (bicyclic) bond motifs is 1. The van der Waals surface area contributed by atoms with Crippen LogP contribution >= 0.6 is 0 Å². The van der Waals surface area contributed by atoms with Crippen molar-refractivity contribution < 1.29 is 4.42 Å². The van der Waals surface area contributed by atoms with Crippen molar-refractivity contribution in [3.8, 4) is 11.6 Å². The van der Waals surface area contributed by atoms with Crippen LogP contribution in [0.5, 0.6) is 0 Å². The van der Waals surface area contributed by atoms with E-state index in [1.807, 2.05) is 24.5 Å². The van der Waals surface area contributed by atoms with Crippen molar-refractivity contribution in [1.82, 2.24) is 29.5 Å². The lowest BCUT2D eigenvalue weighted by Crippen LogP contribution is -2.35. The Kier molecular flexibility index (Phi) is 4.57. The number of likely N-dealkylation sites (tertiary alicyclic amines) is 1. The lowest BCUT2D eigenvalue weighted by atomic mass is 10.2. The Morgan fingerprint density at radius 2 is 2.10 bits per heavy atom. The molecule has 0 aliphatic carbocycles. The lowest BCUT2D eigenvalue weighted by Gasteiger charge is -2.25. The first-order chi connectivity index (χ1) is 14.3. The largest absolute Gasteiger partial charge is 0.461 e. The lowest BCUT2D eigenvalue weighted by molar-refractivity contribution is 0.254. The first-order valence-corrected chi connectivity index (χ1v) is 9.70. The summed E-state index contributed by atoms with van der Waals surface area (Å²) in [6, 6.07) is 9.89. The molecule has 0 amide bonds. The van der Waals surface area contributed by atoms with Crippen LogP contribution in [0, 0.1) is 0 Å². The predicted octanol–water partition coefficient (Wildman–Crippen LogP) is 2.44. The third-order valence-electron chi connectivity index (χ3n) is 5.22. The van der Waals surface area contributed by atoms with Crippen LogP contribution < -0.4 is 11.1 Å². The normalized spacial score (nSPS) is 17.2. The van der Waals surface area contributed by atoms with Gasteiger partial charge in [0.15, 0.2) is 11.4 Å². The number of anilines is 2. The van der Waals surface area contributed by atoms with Crippen molar-refractivity contribution >= 4 is 17.4 Å². The number of nitrogens with two attached hydrogens (primary N) is 1. The van der Waals surface area contributed by atoms with Crippen molar-refractivity contribution in [3.63, 3.8) is 0 Å². The van der Waals surface area contributed by atoms with Gasteiger partial charge in [-0.2, -0.15) is 9.50 Å². The minimum absolute atomic E-state index is 0.401. The van der Waals surface area contributed by atoms with Crippen LogP contribution in [0.15, 0.2) is 53.4 Å². The summed E-state index contributed by atoms with van der Waals surface area (Å²) in [5, 5.41) is 7.97. The molecule has 1 atom stereocenters. The molecule has 1 aliphatic rings. The summed E-state index contributed by atoms with van der Waals surface area (Å²) < 4.78 is 7.09. The molecule has 9 heteroatoms. The molecule has 0 spiro atoms. The zero-order valence-corrected chi connectivity index (χ0v) is 15.9. The molecule has 5 rings (SSSR count). The summed E-state index contributed by atoms with van der Waals surface area (Å²) in [5.41, 5.74) is 7.90. The van der Waals surface area contributed by atoms with E-state index in [0.29, 0.717) is 35.0 Å². The molecule has 148 valence electrons. The van der Waals surface area contributed by atoms with Gasteiger partial charge in [-0.3, -0.25) is 9.88 Å². The number of hydrogen-bond donors (Lipinski definition) is 2. The van der Waals surface area contributed by atoms with Gasteiger partial charge in [-0.25, -0.2) is 4.98 Å². The van der Waals surface area contributed by atoms with E-state index in [0.717, 1.165) is 26.1 Å². The molecule has 4 aromatic heterocycles. The van der Waals surface area contributed by atoms with Crippen LogP contribution in [0.25, 0.3) is 17.2 Å². The first kappa shape index (κ1) is 17.6. The summed E-state index contributed by atoms with van der Waals surface area (Å²) in [4.78, 5) is 15.5. The summed E-state index contributed by atoms with van der Waals surface area (Å²) in [5.74, 6) is 2.10. The van der Waals surface area contributed by atoms with Gasteiger partial charge >= 0.3 is 0 Å². The molecular weight excluding hydrogens is 368 g/mol. The fraction of sp³-hybridized carbons (Fsp3) is 0.300. The van der Waals surface area contributed by atoms with E-state index < -0.39 is 0 Å². The molecule has 5 heterocycles. The van der Waals surface area contributed by atoms with Gasteiger partial charge < -0.3 is 15.5 Å². The van der Waals surface area contributed by atoms with Gasteiger partial charge in [0.1, 0.15) is 5.82 Å². The van der Waals surface area contributed by atoms with Crippen molar-refractivity contribution in [2.45, 2.75) is 25.4 Å². The van der Waals surface area contributed by atoms with E-state index in [2.05, 4.69) is 42.4 Å². The first-order valence-electron chi connectivity index (χ1n) is 9.70. The number of aromatic nitrogens is 5. The van der Waals surface area contributed by atoms with E-state index in [4.69, 9.17) is 10.2 Å². The average Bonchev–Trinajstić information content (AvgIpc) is 3.47. The molecule has 29 heavy (non-hydrogen) atoms. The number of furan rings is 1. The van der Waals surface area contributed by atoms with Crippen LogP contribution in [0.3, 0.4) is 0 Å². The molecule has 1 unspecified atom stereocenters. The Bertz CT molecular complexity index is 1090. The van der Waals surface area contributed by atoms with Crippen LogP contribution in [0.2, 0.25) is 0 Å². The predicted molar refractivity (Wildman–Crippen MR) is 109 cm³/mol. The zero-order chi connectivity index (χ0) is 19.6. The standard InChI is InChI=1S/C20H22N8O/c21-17-11-18-25-19(16-4-2-10-29-16)26-28(18)20(24-17)23-12-15-3-1-9-27(15)13-14-5-7-22-8-6-14/h2,4-8,10-11,15H,1,3,9,12-13,21H2,(H,23,24). The molecule has 1 aliphatic heterocycles. The second-order valence-electron chi connectivity index (χ2n) is 7.19. The number of rotatable bonds is 6. The quantitative estimate of drug-likeness (QED) is 0.516. The highest BCUT2D eigenvalue weighted by molar-refractivity contribution is 5.58. The number of nitrogens with zero attached hydrogens (tertiary/aromatic N) is 6. The minimum Gasteiger partial charge on any atom is -0.461 e. The maximum atomic E-state index is 5.99. The summed E-state index contributed by atoms with van der Waals surface area (Å²) in [6.45, 7) is 2.76. The van der Waals surface area contributed by atoms with Crippen LogP contribution in [0.1, 0.15) is 18.4 Å². The summed E-state index contributed by atoms with van der Waals surface area (Å²) >= 11 is 0. The van der Waals surface area contributed by atoms with Gasteiger partial charge in [-0.05, 0) is 49.2 Å². The highest BCUT2D eigenvalue weighted by Gasteiger charge is 2.25. The van der Waals surface area contributed by atoms with E-state index in [-0.39, 0.29) is 0 Å². The van der Waals surface area contributed by atoms with E-state index in [9.17, 15) is 0 Å². The monoisotopic (exact) mass is 390 g/mol. The average molecular weight is 390 g/mol. The number of hydrogen-bond acceptors (Lipinski definition) is 8. The van der Waals surface area contributed by atoms with Gasteiger partial charge in [0.05, 0.1) is 6.26 Å². The molecule has 9 nitrogen and oxygen atoms in total. The highest BCUT2D eigenvalue weighted by atomic mass is 16.3. The number of pyridine rings is 1. The Morgan fingerprint density at radius 1 is 1.21 bits per heavy atom.